The van der Waals surface area contributed by atoms with Crippen LogP contribution in [0, 0.1) is 0 Å². The quantitative estimate of drug-likeness (QED) is 0.758. The highest BCUT2D eigenvalue weighted by Crippen LogP contribution is 2.25. The molecule has 2 aromatic rings. The Labute approximate surface area is 163 Å². The molecule has 26 heavy (non-hydrogen) atoms. The highest BCUT2D eigenvalue weighted by atomic mass is 35.5. The van der Waals surface area contributed by atoms with Crippen LogP contribution in [0.1, 0.15) is 29.5 Å². The number of amides is 2. The third kappa shape index (κ3) is 4.57. The van der Waals surface area contributed by atoms with Gasteiger partial charge < -0.3 is 10.2 Å². The lowest BCUT2D eigenvalue weighted by atomic mass is 10.1. The zero-order valence-electron chi connectivity index (χ0n) is 14.3. The van der Waals surface area contributed by atoms with Crippen LogP contribution in [0.4, 0.5) is 0 Å². The van der Waals surface area contributed by atoms with Crippen LogP contribution in [-0.2, 0) is 29.1 Å². The van der Waals surface area contributed by atoms with Crippen LogP contribution in [0.3, 0.4) is 0 Å². The molecule has 0 aliphatic carbocycles. The van der Waals surface area contributed by atoms with Crippen molar-refractivity contribution in [1.82, 2.24) is 10.2 Å². The van der Waals surface area contributed by atoms with E-state index in [0.717, 1.165) is 0 Å². The summed E-state index contributed by atoms with van der Waals surface area (Å²) in [6, 6.07) is 13.3. The molecule has 3 rings (SSSR count). The SMILES string of the molecule is O=C(Cc1c(Cl)cccc1Cl)NCCCC(=O)N1Cc2ccccc2C1. The molecule has 2 amide bonds. The summed E-state index contributed by atoms with van der Waals surface area (Å²) in [6.07, 6.45) is 1.16. The number of nitrogens with zero attached hydrogens (tertiary/aromatic N) is 1. The Morgan fingerprint density at radius 2 is 1.58 bits per heavy atom. The van der Waals surface area contributed by atoms with Crippen LogP contribution in [-0.4, -0.2) is 23.3 Å². The Morgan fingerprint density at radius 3 is 2.19 bits per heavy atom. The summed E-state index contributed by atoms with van der Waals surface area (Å²) in [5.41, 5.74) is 3.05. The summed E-state index contributed by atoms with van der Waals surface area (Å²) in [5, 5.41) is 3.79. The molecular weight excluding hydrogens is 371 g/mol. The summed E-state index contributed by atoms with van der Waals surface area (Å²) >= 11 is 12.1. The standard InChI is InChI=1S/C20H20Cl2N2O2/c21-17-7-3-8-18(22)16(17)11-19(25)23-10-4-9-20(26)24-12-14-5-1-2-6-15(14)13-24/h1-3,5-8H,4,9-13H2,(H,23,25). The maximum Gasteiger partial charge on any atom is 0.224 e. The molecule has 0 saturated heterocycles. The van der Waals surface area contributed by atoms with Crippen LogP contribution in [0.2, 0.25) is 10.0 Å². The third-order valence-electron chi connectivity index (χ3n) is 4.48. The Kier molecular flexibility index (Phi) is 6.17. The van der Waals surface area contributed by atoms with Crippen molar-refractivity contribution in [3.8, 4) is 0 Å². The van der Waals surface area contributed by atoms with Crippen molar-refractivity contribution in [2.24, 2.45) is 0 Å². The first kappa shape index (κ1) is 18.7. The van der Waals surface area contributed by atoms with Crippen LogP contribution < -0.4 is 5.32 Å². The number of hydrogen-bond donors (Lipinski definition) is 1. The van der Waals surface area contributed by atoms with Crippen LogP contribution in [0.15, 0.2) is 42.5 Å². The van der Waals surface area contributed by atoms with Gasteiger partial charge in [0.15, 0.2) is 0 Å². The molecule has 0 fully saturated rings. The fraction of sp³-hybridized carbons (Fsp3) is 0.300. The van der Waals surface area contributed by atoms with Crippen molar-refractivity contribution < 1.29 is 9.59 Å². The summed E-state index contributed by atoms with van der Waals surface area (Å²) in [4.78, 5) is 26.2. The van der Waals surface area contributed by atoms with Crippen molar-refractivity contribution in [3.63, 3.8) is 0 Å². The molecule has 0 bridgehead atoms. The minimum Gasteiger partial charge on any atom is -0.356 e. The van der Waals surface area contributed by atoms with Gasteiger partial charge in [0.25, 0.3) is 0 Å². The van der Waals surface area contributed by atoms with Gasteiger partial charge in [-0.3, -0.25) is 9.59 Å². The number of rotatable bonds is 6. The maximum atomic E-state index is 12.3. The molecule has 1 heterocycles. The average Bonchev–Trinajstić information content (AvgIpc) is 3.06. The smallest absolute Gasteiger partial charge is 0.224 e. The van der Waals surface area contributed by atoms with Crippen molar-refractivity contribution in [1.29, 1.82) is 0 Å². The van der Waals surface area contributed by atoms with Crippen molar-refractivity contribution >= 4 is 35.0 Å². The lowest BCUT2D eigenvalue weighted by Crippen LogP contribution is -2.29. The molecular formula is C20H20Cl2N2O2. The van der Waals surface area contributed by atoms with Gasteiger partial charge in [-0.2, -0.15) is 0 Å². The first-order valence-corrected chi connectivity index (χ1v) is 9.34. The molecule has 1 N–H and O–H groups in total. The van der Waals surface area contributed by atoms with E-state index >= 15 is 0 Å². The molecule has 1 aliphatic rings. The van der Waals surface area contributed by atoms with E-state index in [1.807, 2.05) is 17.0 Å². The molecule has 136 valence electrons. The van der Waals surface area contributed by atoms with E-state index in [2.05, 4.69) is 17.4 Å². The molecule has 0 spiro atoms. The molecule has 4 nitrogen and oxygen atoms in total. The second-order valence-corrected chi connectivity index (χ2v) is 7.16. The van der Waals surface area contributed by atoms with Gasteiger partial charge in [-0.25, -0.2) is 0 Å². The van der Waals surface area contributed by atoms with E-state index in [1.54, 1.807) is 18.2 Å². The molecule has 2 aromatic carbocycles. The first-order chi connectivity index (χ1) is 12.5. The van der Waals surface area contributed by atoms with Crippen LogP contribution >= 0.6 is 23.2 Å². The van der Waals surface area contributed by atoms with Crippen molar-refractivity contribution in [3.05, 3.63) is 69.2 Å². The predicted octanol–water partition coefficient (Wildman–Crippen LogP) is 3.97. The number of carbonyl (C=O) groups excluding carboxylic acids is 2. The predicted molar refractivity (Wildman–Crippen MR) is 103 cm³/mol. The van der Waals surface area contributed by atoms with Gasteiger partial charge in [-0.1, -0.05) is 53.5 Å². The normalized spacial score (nSPS) is 12.8. The molecule has 0 saturated carbocycles. The molecule has 0 unspecified atom stereocenters. The minimum atomic E-state index is -0.152. The fourth-order valence-corrected chi connectivity index (χ4v) is 3.59. The van der Waals surface area contributed by atoms with Crippen molar-refractivity contribution in [2.75, 3.05) is 6.54 Å². The Bertz CT molecular complexity index is 778. The molecule has 0 atom stereocenters. The van der Waals surface area contributed by atoms with Gasteiger partial charge in [-0.05, 0) is 35.2 Å². The van der Waals surface area contributed by atoms with Gasteiger partial charge in [0, 0.05) is 36.1 Å². The number of carbonyl (C=O) groups is 2. The average molecular weight is 391 g/mol. The van der Waals surface area contributed by atoms with Gasteiger partial charge >= 0.3 is 0 Å². The topological polar surface area (TPSA) is 49.4 Å². The summed E-state index contributed by atoms with van der Waals surface area (Å²) in [6.45, 7) is 1.80. The second kappa shape index (κ2) is 8.56. The van der Waals surface area contributed by atoms with Gasteiger partial charge in [0.05, 0.1) is 6.42 Å². The largest absolute Gasteiger partial charge is 0.356 e. The number of fused-ring (bicyclic) bond motifs is 1. The molecule has 6 heteroatoms. The van der Waals surface area contributed by atoms with Gasteiger partial charge in [-0.15, -0.1) is 0 Å². The zero-order chi connectivity index (χ0) is 18.5. The Balaban J connectivity index is 1.39. The Hall–Kier alpha value is -2.04. The third-order valence-corrected chi connectivity index (χ3v) is 5.19. The van der Waals surface area contributed by atoms with E-state index in [0.29, 0.717) is 48.1 Å². The summed E-state index contributed by atoms with van der Waals surface area (Å²) in [5.74, 6) is -0.0365. The number of halogens is 2. The van der Waals surface area contributed by atoms with E-state index < -0.39 is 0 Å². The number of hydrogen-bond acceptors (Lipinski definition) is 2. The van der Waals surface area contributed by atoms with Crippen molar-refractivity contribution in [2.45, 2.75) is 32.4 Å². The molecule has 0 radical (unpaired) electrons. The number of benzene rings is 2. The molecule has 0 aromatic heterocycles. The van der Waals surface area contributed by atoms with Crippen LogP contribution in [0.5, 0.6) is 0 Å². The summed E-state index contributed by atoms with van der Waals surface area (Å²) < 4.78 is 0. The highest BCUT2D eigenvalue weighted by Gasteiger charge is 2.22. The summed E-state index contributed by atoms with van der Waals surface area (Å²) in [7, 11) is 0. The lowest BCUT2D eigenvalue weighted by Gasteiger charge is -2.15. The molecule has 1 aliphatic heterocycles. The lowest BCUT2D eigenvalue weighted by molar-refractivity contribution is -0.132. The van der Waals surface area contributed by atoms with E-state index in [9.17, 15) is 9.59 Å². The van der Waals surface area contributed by atoms with E-state index in [4.69, 9.17) is 23.2 Å². The minimum absolute atomic E-state index is 0.115. The maximum absolute atomic E-state index is 12.3. The zero-order valence-corrected chi connectivity index (χ0v) is 15.8. The monoisotopic (exact) mass is 390 g/mol. The fourth-order valence-electron chi connectivity index (χ4n) is 3.06. The highest BCUT2D eigenvalue weighted by molar-refractivity contribution is 6.36. The van der Waals surface area contributed by atoms with Gasteiger partial charge in [0.1, 0.15) is 0 Å². The van der Waals surface area contributed by atoms with E-state index in [1.165, 1.54) is 11.1 Å². The Morgan fingerprint density at radius 1 is 0.962 bits per heavy atom. The first-order valence-electron chi connectivity index (χ1n) is 8.58. The van der Waals surface area contributed by atoms with E-state index in [-0.39, 0.29) is 18.2 Å². The second-order valence-electron chi connectivity index (χ2n) is 6.35. The van der Waals surface area contributed by atoms with Gasteiger partial charge in [0.2, 0.25) is 11.8 Å². The number of nitrogens with one attached hydrogen (secondary N) is 1. The van der Waals surface area contributed by atoms with Crippen LogP contribution in [0.25, 0.3) is 0 Å².